The van der Waals surface area contributed by atoms with Crippen LogP contribution in [0.5, 0.6) is 0 Å². The predicted octanol–water partition coefficient (Wildman–Crippen LogP) is 3.31. The fourth-order valence-electron chi connectivity index (χ4n) is 5.20. The standard InChI is InChI=1S/C28H35F3N6O6/c1-26(2,3)43-25(39)37-9-8-16-15(13-37)6-7-17(34-16)24(38)33-10-19-23-22(41-27(4,5)42-23)18(14-40-19)35-21-12-32-11-20(36-21)28(29,30)31/h6-7,11-12,18-19,22-23H,8-10,13-14H2,1-5H3,(H,33,38)(H,35,36)/t18-,19?,22+,23-/m0/s1. The van der Waals surface area contributed by atoms with Crippen LogP contribution >= 0.6 is 0 Å². The van der Waals surface area contributed by atoms with Crippen LogP contribution in [-0.4, -0.2) is 87.3 Å². The number of hydrogen-bond acceptors (Lipinski definition) is 10. The molecule has 3 aliphatic heterocycles. The molecule has 1 unspecified atom stereocenters. The van der Waals surface area contributed by atoms with Gasteiger partial charge in [-0.3, -0.25) is 9.78 Å². The second-order valence-corrected chi connectivity index (χ2v) is 12.1. The summed E-state index contributed by atoms with van der Waals surface area (Å²) in [4.78, 5) is 38.9. The maximum absolute atomic E-state index is 13.1. The van der Waals surface area contributed by atoms with Gasteiger partial charge in [-0.1, -0.05) is 6.07 Å². The number of carbonyl (C=O) groups is 2. The van der Waals surface area contributed by atoms with Gasteiger partial charge < -0.3 is 34.5 Å². The summed E-state index contributed by atoms with van der Waals surface area (Å²) in [6, 6.07) is 2.80. The van der Waals surface area contributed by atoms with Crippen molar-refractivity contribution in [3.05, 3.63) is 47.2 Å². The highest BCUT2D eigenvalue weighted by Crippen LogP contribution is 2.36. The Kier molecular flexibility index (Phi) is 8.26. The summed E-state index contributed by atoms with van der Waals surface area (Å²) in [6.07, 6.45) is -4.53. The molecule has 5 heterocycles. The Balaban J connectivity index is 1.20. The van der Waals surface area contributed by atoms with Gasteiger partial charge >= 0.3 is 12.3 Å². The fraction of sp³-hybridized carbons (Fsp3) is 0.607. The number of hydrogen-bond donors (Lipinski definition) is 2. The van der Waals surface area contributed by atoms with Crippen LogP contribution in [0, 0.1) is 0 Å². The molecule has 15 heteroatoms. The van der Waals surface area contributed by atoms with Crippen molar-refractivity contribution in [3.8, 4) is 0 Å². The molecule has 2 N–H and O–H groups in total. The number of aromatic nitrogens is 3. The second kappa shape index (κ2) is 11.5. The first-order valence-corrected chi connectivity index (χ1v) is 14.0. The lowest BCUT2D eigenvalue weighted by molar-refractivity contribution is -0.153. The molecule has 2 saturated heterocycles. The number of nitrogens with zero attached hydrogens (tertiary/aromatic N) is 4. The van der Waals surface area contributed by atoms with E-state index in [0.29, 0.717) is 25.7 Å². The summed E-state index contributed by atoms with van der Waals surface area (Å²) in [5.41, 5.74) is 0.0896. The predicted molar refractivity (Wildman–Crippen MR) is 145 cm³/mol. The topological polar surface area (TPSA) is 137 Å². The summed E-state index contributed by atoms with van der Waals surface area (Å²) < 4.78 is 62.9. The molecule has 2 fully saturated rings. The third-order valence-corrected chi connectivity index (χ3v) is 7.07. The molecule has 0 saturated carbocycles. The van der Waals surface area contributed by atoms with Crippen molar-refractivity contribution in [3.63, 3.8) is 0 Å². The van der Waals surface area contributed by atoms with E-state index in [0.717, 1.165) is 11.3 Å². The normalized spacial score (nSPS) is 25.0. The third-order valence-electron chi connectivity index (χ3n) is 7.07. The Morgan fingerprint density at radius 1 is 1.12 bits per heavy atom. The summed E-state index contributed by atoms with van der Waals surface area (Å²) in [5.74, 6) is -1.47. The zero-order valence-electron chi connectivity index (χ0n) is 24.5. The molecule has 0 aromatic carbocycles. The van der Waals surface area contributed by atoms with E-state index >= 15 is 0 Å². The van der Waals surface area contributed by atoms with Gasteiger partial charge in [0.25, 0.3) is 5.91 Å². The smallest absolute Gasteiger partial charge is 0.434 e. The number of alkyl halides is 3. The van der Waals surface area contributed by atoms with Crippen molar-refractivity contribution < 1.29 is 41.7 Å². The van der Waals surface area contributed by atoms with E-state index in [4.69, 9.17) is 18.9 Å². The molecule has 43 heavy (non-hydrogen) atoms. The molecule has 0 spiro atoms. The van der Waals surface area contributed by atoms with Crippen LogP contribution in [0.1, 0.15) is 62.1 Å². The minimum atomic E-state index is -4.64. The molecule has 234 valence electrons. The number of ether oxygens (including phenoxy) is 4. The van der Waals surface area contributed by atoms with Crippen molar-refractivity contribution in [2.75, 3.05) is 25.0 Å². The molecule has 5 rings (SSSR count). The second-order valence-electron chi connectivity index (χ2n) is 12.1. The average molecular weight is 609 g/mol. The quantitative estimate of drug-likeness (QED) is 0.520. The van der Waals surface area contributed by atoms with Crippen LogP contribution in [0.2, 0.25) is 0 Å². The first-order chi connectivity index (χ1) is 20.1. The van der Waals surface area contributed by atoms with Crippen LogP contribution in [0.15, 0.2) is 24.5 Å². The zero-order valence-corrected chi connectivity index (χ0v) is 24.5. The third kappa shape index (κ3) is 7.33. The zero-order chi connectivity index (χ0) is 31.2. The number of nitrogens with one attached hydrogen (secondary N) is 2. The minimum Gasteiger partial charge on any atom is -0.444 e. The largest absolute Gasteiger partial charge is 0.444 e. The lowest BCUT2D eigenvalue weighted by Gasteiger charge is -2.37. The van der Waals surface area contributed by atoms with Gasteiger partial charge in [-0.25, -0.2) is 14.8 Å². The molecule has 0 aliphatic carbocycles. The van der Waals surface area contributed by atoms with Gasteiger partial charge in [0.05, 0.1) is 31.6 Å². The number of carbonyl (C=O) groups excluding carboxylic acids is 2. The van der Waals surface area contributed by atoms with E-state index < -0.39 is 59.6 Å². The van der Waals surface area contributed by atoms with Gasteiger partial charge in [0.1, 0.15) is 35.4 Å². The number of fused-ring (bicyclic) bond motifs is 2. The van der Waals surface area contributed by atoms with E-state index in [1.54, 1.807) is 30.9 Å². The van der Waals surface area contributed by atoms with Gasteiger partial charge in [0.2, 0.25) is 0 Å². The average Bonchev–Trinajstić information content (AvgIpc) is 3.26. The Morgan fingerprint density at radius 2 is 1.86 bits per heavy atom. The van der Waals surface area contributed by atoms with Crippen molar-refractivity contribution in [2.45, 2.75) is 89.5 Å². The monoisotopic (exact) mass is 608 g/mol. The molecule has 4 atom stereocenters. The molecule has 0 radical (unpaired) electrons. The summed E-state index contributed by atoms with van der Waals surface area (Å²) in [6.45, 7) is 9.79. The number of halogens is 3. The van der Waals surface area contributed by atoms with Crippen LogP contribution in [0.25, 0.3) is 0 Å². The minimum absolute atomic E-state index is 0.0598. The molecule has 0 bridgehead atoms. The van der Waals surface area contributed by atoms with Gasteiger partial charge in [-0.2, -0.15) is 13.2 Å². The van der Waals surface area contributed by atoms with Crippen molar-refractivity contribution in [2.24, 2.45) is 0 Å². The van der Waals surface area contributed by atoms with Crippen LogP contribution < -0.4 is 10.6 Å². The Morgan fingerprint density at radius 3 is 2.58 bits per heavy atom. The summed E-state index contributed by atoms with van der Waals surface area (Å²) in [7, 11) is 0. The van der Waals surface area contributed by atoms with Crippen molar-refractivity contribution >= 4 is 17.8 Å². The van der Waals surface area contributed by atoms with Crippen LogP contribution in [0.4, 0.5) is 23.8 Å². The van der Waals surface area contributed by atoms with Crippen molar-refractivity contribution in [1.82, 2.24) is 25.2 Å². The van der Waals surface area contributed by atoms with E-state index in [2.05, 4.69) is 25.6 Å². The van der Waals surface area contributed by atoms with Crippen molar-refractivity contribution in [1.29, 1.82) is 0 Å². The van der Waals surface area contributed by atoms with Gasteiger partial charge in [-0.15, -0.1) is 0 Å². The highest BCUT2D eigenvalue weighted by atomic mass is 19.4. The maximum atomic E-state index is 13.1. The highest BCUT2D eigenvalue weighted by molar-refractivity contribution is 5.92. The lowest BCUT2D eigenvalue weighted by atomic mass is 9.98. The first-order valence-electron chi connectivity index (χ1n) is 14.0. The molecular formula is C28H35F3N6O6. The van der Waals surface area contributed by atoms with Crippen LogP contribution in [0.3, 0.4) is 0 Å². The molecule has 2 aromatic rings. The maximum Gasteiger partial charge on any atom is 0.434 e. The molecule has 2 aromatic heterocycles. The van der Waals surface area contributed by atoms with Crippen LogP contribution in [-0.2, 0) is 38.1 Å². The number of pyridine rings is 1. The number of amides is 2. The Hall–Kier alpha value is -3.56. The van der Waals surface area contributed by atoms with E-state index in [1.165, 1.54) is 6.20 Å². The van der Waals surface area contributed by atoms with Gasteiger partial charge in [0, 0.05) is 25.2 Å². The summed E-state index contributed by atoms with van der Waals surface area (Å²) >= 11 is 0. The molecule has 2 amide bonds. The Bertz CT molecular complexity index is 1370. The van der Waals surface area contributed by atoms with Gasteiger partial charge in [-0.05, 0) is 46.2 Å². The first kappa shape index (κ1) is 30.9. The number of rotatable bonds is 5. The van der Waals surface area contributed by atoms with Gasteiger partial charge in [0.15, 0.2) is 11.5 Å². The lowest BCUT2D eigenvalue weighted by Crippen LogP contribution is -2.57. The SMILES string of the molecule is CC(C)(C)OC(=O)N1CCc2nc(C(=O)NCC3OC[C@H](Nc4cncc(C(F)(F)F)n4)[C@H]4OC(C)(C)O[C@@H]34)ccc2C1. The van der Waals surface area contributed by atoms with E-state index in [9.17, 15) is 22.8 Å². The van der Waals surface area contributed by atoms with E-state index in [1.807, 2.05) is 20.8 Å². The summed E-state index contributed by atoms with van der Waals surface area (Å²) in [5, 5.41) is 5.77. The fourth-order valence-corrected chi connectivity index (χ4v) is 5.20. The molecule has 12 nitrogen and oxygen atoms in total. The van der Waals surface area contributed by atoms with E-state index in [-0.39, 0.29) is 24.7 Å². The Labute approximate surface area is 246 Å². The molecule has 3 aliphatic rings. The molecular weight excluding hydrogens is 573 g/mol. The highest BCUT2D eigenvalue weighted by Gasteiger charge is 2.52. The number of anilines is 1.